The number of carbonyl (C=O) groups is 2. The first-order valence-corrected chi connectivity index (χ1v) is 16.7. The molecule has 1 aliphatic heterocycles. The molecule has 49 heavy (non-hydrogen) atoms. The van der Waals surface area contributed by atoms with Crippen LogP contribution in [-0.2, 0) is 24.0 Å². The van der Waals surface area contributed by atoms with E-state index in [4.69, 9.17) is 4.74 Å². The normalized spacial score (nSPS) is 16.0. The van der Waals surface area contributed by atoms with Crippen molar-refractivity contribution >= 4 is 11.9 Å². The van der Waals surface area contributed by atoms with Crippen LogP contribution in [0.3, 0.4) is 0 Å². The van der Waals surface area contributed by atoms with E-state index in [-0.39, 0.29) is 57.6 Å². The third-order valence-electron chi connectivity index (χ3n) is 9.72. The van der Waals surface area contributed by atoms with E-state index in [0.29, 0.717) is 29.9 Å². The molecule has 1 fully saturated rings. The van der Waals surface area contributed by atoms with Gasteiger partial charge >= 0.3 is 12.2 Å². The van der Waals surface area contributed by atoms with Crippen LogP contribution in [0.25, 0.3) is 0 Å². The van der Waals surface area contributed by atoms with Gasteiger partial charge in [-0.15, -0.1) is 0 Å². The first-order chi connectivity index (χ1) is 23.2. The molecular weight excluding hydrogens is 635 g/mol. The van der Waals surface area contributed by atoms with Crippen LogP contribution in [0.2, 0.25) is 0 Å². The average Bonchev–Trinajstić information content (AvgIpc) is 3.09. The highest BCUT2D eigenvalue weighted by Gasteiger charge is 2.42. The highest BCUT2D eigenvalue weighted by atomic mass is 19.4. The van der Waals surface area contributed by atoms with Crippen molar-refractivity contribution in [2.45, 2.75) is 71.8 Å². The fourth-order valence-corrected chi connectivity index (χ4v) is 6.45. The Bertz CT molecular complexity index is 1580. The van der Waals surface area contributed by atoms with Crippen molar-refractivity contribution in [2.75, 3.05) is 39.9 Å². The van der Waals surface area contributed by atoms with Gasteiger partial charge in [0.05, 0.1) is 23.1 Å². The van der Waals surface area contributed by atoms with Gasteiger partial charge in [0.15, 0.2) is 0 Å². The number of urea groups is 1. The van der Waals surface area contributed by atoms with Crippen molar-refractivity contribution in [3.63, 3.8) is 0 Å². The van der Waals surface area contributed by atoms with Crippen LogP contribution in [0.1, 0.15) is 79.1 Å². The fraction of sp³-hybridized carbons (Fsp3) is 0.474. The van der Waals surface area contributed by atoms with Crippen molar-refractivity contribution in [1.82, 2.24) is 14.7 Å². The molecular formula is C38H48F3N3O5. The van der Waals surface area contributed by atoms with E-state index >= 15 is 0 Å². The zero-order valence-electron chi connectivity index (χ0n) is 29.0. The van der Waals surface area contributed by atoms with Crippen LogP contribution < -0.4 is 4.74 Å². The number of aryl methyl sites for hydroxylation is 2. The smallest absolute Gasteiger partial charge is 0.416 e. The third-order valence-corrected chi connectivity index (χ3v) is 9.72. The average molecular weight is 684 g/mol. The Hall–Kier alpha value is -4.09. The number of halogens is 3. The first-order valence-electron chi connectivity index (χ1n) is 16.7. The molecule has 4 rings (SSSR count). The maximum absolute atomic E-state index is 14.3. The summed E-state index contributed by atoms with van der Waals surface area (Å²) in [6, 6.07) is 17.7. The number of amides is 3. The van der Waals surface area contributed by atoms with E-state index < -0.39 is 29.2 Å². The van der Waals surface area contributed by atoms with E-state index in [2.05, 4.69) is 0 Å². The van der Waals surface area contributed by atoms with Crippen molar-refractivity contribution < 1.29 is 37.7 Å². The molecule has 1 aliphatic rings. The minimum atomic E-state index is -4.52. The minimum Gasteiger partial charge on any atom is -0.489 e. The molecule has 0 spiro atoms. The number of aliphatic hydroxyl groups excluding tert-OH is 2. The van der Waals surface area contributed by atoms with Gasteiger partial charge in [0.25, 0.3) is 0 Å². The standard InChI is InChI=1S/C38H48F3N3O5/c1-6-28-21-30(23-31(22-28)38(39,40)41)27(3)42(5)36(48)44-17-16-43(35(47)37(4,14-18-45)15-19-46)24-34(44)33-13-12-32(20-26(33)2)49-25-29-10-8-7-9-11-29/h7-13,20-23,27,34,45-46H,6,14-19,24-25H2,1-5H3/t27-,34-/m1/s1. The number of hydrogen-bond acceptors (Lipinski definition) is 5. The molecule has 0 bridgehead atoms. The van der Waals surface area contributed by atoms with Crippen molar-refractivity contribution in [2.24, 2.45) is 5.41 Å². The number of aliphatic hydroxyl groups is 2. The lowest BCUT2D eigenvalue weighted by Gasteiger charge is -2.46. The SMILES string of the molecule is CCc1cc([C@@H](C)N(C)C(=O)N2CCN(C(=O)C(C)(CCO)CCO)C[C@@H]2c2ccc(OCc3ccccc3)cc2C)cc(C(F)(F)F)c1. The maximum atomic E-state index is 14.3. The van der Waals surface area contributed by atoms with Gasteiger partial charge in [0, 0.05) is 39.9 Å². The van der Waals surface area contributed by atoms with Gasteiger partial charge in [-0.3, -0.25) is 4.79 Å². The number of ether oxygens (including phenoxy) is 1. The summed E-state index contributed by atoms with van der Waals surface area (Å²) in [5, 5.41) is 19.4. The summed E-state index contributed by atoms with van der Waals surface area (Å²) >= 11 is 0. The number of carbonyl (C=O) groups excluding carboxylic acids is 2. The minimum absolute atomic E-state index is 0.161. The second-order valence-electron chi connectivity index (χ2n) is 13.1. The van der Waals surface area contributed by atoms with Crippen LogP contribution in [0, 0.1) is 12.3 Å². The predicted molar refractivity (Wildman–Crippen MR) is 182 cm³/mol. The van der Waals surface area contributed by atoms with E-state index in [1.165, 1.54) is 4.90 Å². The lowest BCUT2D eigenvalue weighted by Crippen LogP contribution is -2.57. The molecule has 8 nitrogen and oxygen atoms in total. The van der Waals surface area contributed by atoms with Crippen molar-refractivity contribution in [1.29, 1.82) is 0 Å². The van der Waals surface area contributed by atoms with Crippen LogP contribution in [0.15, 0.2) is 66.7 Å². The molecule has 1 saturated heterocycles. The molecule has 0 saturated carbocycles. The number of rotatable bonds is 12. The quantitative estimate of drug-likeness (QED) is 0.216. The topological polar surface area (TPSA) is 93.6 Å². The lowest BCUT2D eigenvalue weighted by atomic mass is 9.81. The zero-order valence-corrected chi connectivity index (χ0v) is 29.0. The Kier molecular flexibility index (Phi) is 12.4. The lowest BCUT2D eigenvalue weighted by molar-refractivity contribution is -0.146. The molecule has 3 aromatic carbocycles. The molecule has 11 heteroatoms. The van der Waals surface area contributed by atoms with Gasteiger partial charge in [0.1, 0.15) is 12.4 Å². The summed E-state index contributed by atoms with van der Waals surface area (Å²) in [7, 11) is 1.58. The van der Waals surface area contributed by atoms with Crippen molar-refractivity contribution in [3.05, 3.63) is 100 Å². The number of alkyl halides is 3. The second-order valence-corrected chi connectivity index (χ2v) is 13.1. The van der Waals surface area contributed by atoms with E-state index in [1.54, 1.807) is 43.7 Å². The highest BCUT2D eigenvalue weighted by molar-refractivity contribution is 5.83. The molecule has 0 unspecified atom stereocenters. The van der Waals surface area contributed by atoms with Gasteiger partial charge in [-0.25, -0.2) is 4.79 Å². The molecule has 0 aliphatic carbocycles. The van der Waals surface area contributed by atoms with Crippen LogP contribution in [-0.4, -0.2) is 76.7 Å². The Balaban J connectivity index is 1.66. The molecule has 0 aromatic heterocycles. The summed E-state index contributed by atoms with van der Waals surface area (Å²) in [6.07, 6.45) is -3.75. The Labute approximate surface area is 287 Å². The van der Waals surface area contributed by atoms with Gasteiger partial charge in [-0.2, -0.15) is 13.2 Å². The van der Waals surface area contributed by atoms with Gasteiger partial charge < -0.3 is 29.6 Å². The van der Waals surface area contributed by atoms with Crippen molar-refractivity contribution in [3.8, 4) is 5.75 Å². The fourth-order valence-electron chi connectivity index (χ4n) is 6.45. The van der Waals surface area contributed by atoms with Crippen LogP contribution in [0.4, 0.5) is 18.0 Å². The predicted octanol–water partition coefficient (Wildman–Crippen LogP) is 6.92. The maximum Gasteiger partial charge on any atom is 0.416 e. The number of hydrogen-bond donors (Lipinski definition) is 2. The number of nitrogens with zero attached hydrogens (tertiary/aromatic N) is 3. The largest absolute Gasteiger partial charge is 0.489 e. The summed E-state index contributed by atoms with van der Waals surface area (Å²) in [4.78, 5) is 33.0. The molecule has 3 amide bonds. The summed E-state index contributed by atoms with van der Waals surface area (Å²) in [6.45, 7) is 7.64. The van der Waals surface area contributed by atoms with Crippen LogP contribution in [0.5, 0.6) is 5.75 Å². The van der Waals surface area contributed by atoms with E-state index in [9.17, 15) is 33.0 Å². The monoisotopic (exact) mass is 683 g/mol. The summed E-state index contributed by atoms with van der Waals surface area (Å²) in [5.41, 5.74) is 1.83. The molecule has 3 aromatic rings. The van der Waals surface area contributed by atoms with E-state index in [0.717, 1.165) is 28.8 Å². The summed E-state index contributed by atoms with van der Waals surface area (Å²) < 4.78 is 47.3. The van der Waals surface area contributed by atoms with Crippen LogP contribution >= 0.6 is 0 Å². The second kappa shape index (κ2) is 16.1. The summed E-state index contributed by atoms with van der Waals surface area (Å²) in [5.74, 6) is 0.429. The third kappa shape index (κ3) is 8.93. The zero-order chi connectivity index (χ0) is 35.9. The van der Waals surface area contributed by atoms with E-state index in [1.807, 2.05) is 55.5 Å². The molecule has 1 heterocycles. The van der Waals surface area contributed by atoms with Gasteiger partial charge in [-0.05, 0) is 85.2 Å². The Morgan fingerprint density at radius 1 is 0.980 bits per heavy atom. The van der Waals surface area contributed by atoms with Gasteiger partial charge in [-0.1, -0.05) is 56.3 Å². The molecule has 2 N–H and O–H groups in total. The number of benzene rings is 3. The highest BCUT2D eigenvalue weighted by Crippen LogP contribution is 2.37. The molecule has 0 radical (unpaired) electrons. The van der Waals surface area contributed by atoms with Gasteiger partial charge in [0.2, 0.25) is 5.91 Å². The Morgan fingerprint density at radius 3 is 2.24 bits per heavy atom. The molecule has 2 atom stereocenters. The molecule has 266 valence electrons. The Morgan fingerprint density at radius 2 is 1.65 bits per heavy atom. The number of piperazine rings is 1. The first kappa shape index (κ1) is 37.7.